The summed E-state index contributed by atoms with van der Waals surface area (Å²) >= 11 is 0. The summed E-state index contributed by atoms with van der Waals surface area (Å²) in [6, 6.07) is 0. The van der Waals surface area contributed by atoms with Crippen molar-refractivity contribution in [3.63, 3.8) is 0 Å². The molecule has 1 heterocycles. The predicted molar refractivity (Wildman–Crippen MR) is 78.7 cm³/mol. The molecule has 112 valence electrons. The fourth-order valence-electron chi connectivity index (χ4n) is 2.73. The van der Waals surface area contributed by atoms with E-state index in [9.17, 15) is 5.11 Å². The van der Waals surface area contributed by atoms with Gasteiger partial charge >= 0.3 is 0 Å². The first-order chi connectivity index (χ1) is 9.58. The van der Waals surface area contributed by atoms with Crippen LogP contribution in [-0.4, -0.2) is 34.3 Å². The van der Waals surface area contributed by atoms with Crippen LogP contribution >= 0.6 is 0 Å². The summed E-state index contributed by atoms with van der Waals surface area (Å²) in [7, 11) is 1.52. The Morgan fingerprint density at radius 3 is 2.75 bits per heavy atom. The van der Waals surface area contributed by atoms with Crippen molar-refractivity contribution in [2.24, 2.45) is 5.92 Å². The fourth-order valence-corrected chi connectivity index (χ4v) is 2.73. The summed E-state index contributed by atoms with van der Waals surface area (Å²) in [6.07, 6.45) is 6.39. The molecule has 0 unspecified atom stereocenters. The molecule has 0 amide bonds. The molecule has 2 rings (SSSR count). The number of hydrogen-bond donors (Lipinski definition) is 3. The van der Waals surface area contributed by atoms with Gasteiger partial charge in [0.25, 0.3) is 0 Å². The predicted octanol–water partition coefficient (Wildman–Crippen LogP) is 1.81. The molecule has 6 nitrogen and oxygen atoms in total. The maximum absolute atomic E-state index is 10.6. The number of aliphatic hydroxyl groups is 1. The van der Waals surface area contributed by atoms with Crippen LogP contribution in [0.25, 0.3) is 0 Å². The molecule has 6 heteroatoms. The Labute approximate surface area is 119 Å². The Kier molecular flexibility index (Phi) is 4.65. The van der Waals surface area contributed by atoms with Crippen LogP contribution in [0.2, 0.25) is 0 Å². The SMILES string of the molecule is CCC1CCC(O)(CNc2ncnc(OC)c2N)CC1. The molecule has 0 atom stereocenters. The van der Waals surface area contributed by atoms with Gasteiger partial charge in [0, 0.05) is 6.54 Å². The number of aromatic nitrogens is 2. The molecule has 0 spiro atoms. The Morgan fingerprint density at radius 2 is 2.15 bits per heavy atom. The molecule has 0 saturated heterocycles. The van der Waals surface area contributed by atoms with Gasteiger partial charge in [-0.25, -0.2) is 4.98 Å². The number of ether oxygens (including phenoxy) is 1. The van der Waals surface area contributed by atoms with E-state index >= 15 is 0 Å². The van der Waals surface area contributed by atoms with Gasteiger partial charge < -0.3 is 20.9 Å². The van der Waals surface area contributed by atoms with Gasteiger partial charge in [-0.15, -0.1) is 0 Å². The fraction of sp³-hybridized carbons (Fsp3) is 0.714. The second-order valence-corrected chi connectivity index (χ2v) is 5.57. The molecule has 4 N–H and O–H groups in total. The molecule has 1 aromatic heterocycles. The van der Waals surface area contributed by atoms with Crippen LogP contribution in [-0.2, 0) is 0 Å². The van der Waals surface area contributed by atoms with Crippen LogP contribution in [0.3, 0.4) is 0 Å². The highest BCUT2D eigenvalue weighted by atomic mass is 16.5. The van der Waals surface area contributed by atoms with E-state index in [0.29, 0.717) is 23.9 Å². The Hall–Kier alpha value is -1.56. The van der Waals surface area contributed by atoms with E-state index in [4.69, 9.17) is 10.5 Å². The van der Waals surface area contributed by atoms with Crippen molar-refractivity contribution in [1.29, 1.82) is 0 Å². The molecule has 0 bridgehead atoms. The number of nitrogen functional groups attached to an aromatic ring is 1. The standard InChI is InChI=1S/C14H24N4O2/c1-3-10-4-6-14(19,7-5-10)8-16-12-11(15)13(20-2)18-9-17-12/h9-10,19H,3-8,15H2,1-2H3,(H,16,17,18). The highest BCUT2D eigenvalue weighted by molar-refractivity contribution is 5.66. The van der Waals surface area contributed by atoms with Gasteiger partial charge in [0.15, 0.2) is 5.82 Å². The third kappa shape index (κ3) is 3.30. The van der Waals surface area contributed by atoms with Gasteiger partial charge in [0.2, 0.25) is 5.88 Å². The molecule has 0 radical (unpaired) electrons. The Morgan fingerprint density at radius 1 is 1.45 bits per heavy atom. The highest BCUT2D eigenvalue weighted by Crippen LogP contribution is 2.34. The summed E-state index contributed by atoms with van der Waals surface area (Å²) in [5, 5.41) is 13.7. The summed E-state index contributed by atoms with van der Waals surface area (Å²) in [5.41, 5.74) is 5.61. The monoisotopic (exact) mass is 280 g/mol. The van der Waals surface area contributed by atoms with Crippen molar-refractivity contribution < 1.29 is 9.84 Å². The molecular weight excluding hydrogens is 256 g/mol. The highest BCUT2D eigenvalue weighted by Gasteiger charge is 2.32. The van der Waals surface area contributed by atoms with Gasteiger partial charge in [-0.1, -0.05) is 13.3 Å². The van der Waals surface area contributed by atoms with E-state index in [2.05, 4.69) is 22.2 Å². The van der Waals surface area contributed by atoms with Gasteiger partial charge in [0.05, 0.1) is 12.7 Å². The second kappa shape index (κ2) is 6.26. The minimum atomic E-state index is -0.670. The average Bonchev–Trinajstić information content (AvgIpc) is 2.47. The van der Waals surface area contributed by atoms with Crippen molar-refractivity contribution in [3.05, 3.63) is 6.33 Å². The van der Waals surface area contributed by atoms with E-state index in [0.717, 1.165) is 31.6 Å². The number of nitrogens with one attached hydrogen (secondary N) is 1. The van der Waals surface area contributed by atoms with E-state index in [1.165, 1.54) is 19.9 Å². The quantitative estimate of drug-likeness (QED) is 0.761. The maximum Gasteiger partial charge on any atom is 0.242 e. The smallest absolute Gasteiger partial charge is 0.242 e. The van der Waals surface area contributed by atoms with Crippen LogP contribution in [0.15, 0.2) is 6.33 Å². The summed E-state index contributed by atoms with van der Waals surface area (Å²) in [4.78, 5) is 8.02. The third-order valence-corrected chi connectivity index (χ3v) is 4.24. The van der Waals surface area contributed by atoms with Crippen LogP contribution in [0.4, 0.5) is 11.5 Å². The molecule has 1 aliphatic carbocycles. The first kappa shape index (κ1) is 14.8. The lowest BCUT2D eigenvalue weighted by Crippen LogP contribution is -2.40. The molecule has 1 saturated carbocycles. The number of hydrogen-bond acceptors (Lipinski definition) is 6. The van der Waals surface area contributed by atoms with Crippen LogP contribution in [0, 0.1) is 5.92 Å². The largest absolute Gasteiger partial charge is 0.479 e. The molecular formula is C14H24N4O2. The summed E-state index contributed by atoms with van der Waals surface area (Å²) in [5.74, 6) is 1.62. The van der Waals surface area contributed by atoms with Crippen LogP contribution < -0.4 is 15.8 Å². The molecule has 1 fully saturated rings. The zero-order valence-electron chi connectivity index (χ0n) is 12.2. The molecule has 1 aromatic rings. The number of methoxy groups -OCH3 is 1. The van der Waals surface area contributed by atoms with Crippen molar-refractivity contribution in [3.8, 4) is 5.88 Å². The first-order valence-electron chi connectivity index (χ1n) is 7.18. The minimum absolute atomic E-state index is 0.351. The van der Waals surface area contributed by atoms with Crippen LogP contribution in [0.1, 0.15) is 39.0 Å². The van der Waals surface area contributed by atoms with Crippen molar-refractivity contribution in [1.82, 2.24) is 9.97 Å². The van der Waals surface area contributed by atoms with E-state index < -0.39 is 5.60 Å². The van der Waals surface area contributed by atoms with E-state index in [-0.39, 0.29) is 0 Å². The van der Waals surface area contributed by atoms with E-state index in [1.807, 2.05) is 0 Å². The Balaban J connectivity index is 1.95. The van der Waals surface area contributed by atoms with Gasteiger partial charge in [-0.3, -0.25) is 0 Å². The number of nitrogens with two attached hydrogens (primary N) is 1. The third-order valence-electron chi connectivity index (χ3n) is 4.24. The molecule has 1 aliphatic rings. The lowest BCUT2D eigenvalue weighted by atomic mass is 9.78. The zero-order chi connectivity index (χ0) is 14.6. The van der Waals surface area contributed by atoms with E-state index in [1.54, 1.807) is 0 Å². The average molecular weight is 280 g/mol. The normalized spacial score (nSPS) is 26.2. The first-order valence-corrected chi connectivity index (χ1v) is 7.18. The van der Waals surface area contributed by atoms with Gasteiger partial charge in [-0.2, -0.15) is 4.98 Å². The van der Waals surface area contributed by atoms with Gasteiger partial charge in [0.1, 0.15) is 12.0 Å². The zero-order valence-corrected chi connectivity index (χ0v) is 12.2. The summed E-state index contributed by atoms with van der Waals surface area (Å²) < 4.78 is 5.05. The van der Waals surface area contributed by atoms with Crippen LogP contribution in [0.5, 0.6) is 5.88 Å². The number of nitrogens with zero attached hydrogens (tertiary/aromatic N) is 2. The number of anilines is 2. The van der Waals surface area contributed by atoms with Gasteiger partial charge in [-0.05, 0) is 31.6 Å². The topological polar surface area (TPSA) is 93.3 Å². The van der Waals surface area contributed by atoms with Crippen molar-refractivity contribution in [2.45, 2.75) is 44.6 Å². The van der Waals surface area contributed by atoms with Crippen molar-refractivity contribution in [2.75, 3.05) is 24.7 Å². The number of rotatable bonds is 5. The summed E-state index contributed by atoms with van der Waals surface area (Å²) in [6.45, 7) is 2.66. The molecule has 0 aliphatic heterocycles. The second-order valence-electron chi connectivity index (χ2n) is 5.57. The minimum Gasteiger partial charge on any atom is -0.479 e. The lowest BCUT2D eigenvalue weighted by Gasteiger charge is -2.36. The maximum atomic E-state index is 10.6. The Bertz CT molecular complexity index is 445. The van der Waals surface area contributed by atoms with Crippen molar-refractivity contribution >= 4 is 11.5 Å². The lowest BCUT2D eigenvalue weighted by molar-refractivity contribution is 0.00224. The molecule has 20 heavy (non-hydrogen) atoms. The molecule has 0 aromatic carbocycles.